The van der Waals surface area contributed by atoms with Crippen LogP contribution < -0.4 is 0 Å². The number of nitroso groups, excluding NO2 is 1. The standard InChI is InChI=1S/NO3.HNO2.NO.Ru/c2-1(3)4;2-1-3;1-2;/h;(H,2,3);;/q-1;;-1;+2/p-1. The summed E-state index contributed by atoms with van der Waals surface area (Å²) in [7, 11) is 0. The van der Waals surface area contributed by atoms with Gasteiger partial charge < -0.3 is 35.9 Å². The molecule has 0 aromatic carbocycles. The third kappa shape index (κ3) is 167. The molecule has 0 atom stereocenters. The van der Waals surface area contributed by atoms with Crippen molar-refractivity contribution in [1.82, 2.24) is 0 Å². The van der Waals surface area contributed by atoms with E-state index >= 15 is 0 Å². The van der Waals surface area contributed by atoms with Crippen molar-refractivity contribution in [2.75, 3.05) is 0 Å². The van der Waals surface area contributed by atoms with Crippen LogP contribution in [-0.2, 0) is 19.5 Å². The molecule has 0 aromatic heterocycles. The first kappa shape index (κ1) is 23.2. The van der Waals surface area contributed by atoms with Crippen LogP contribution in [0.2, 0.25) is 0 Å². The third-order valence-corrected chi connectivity index (χ3v) is 0. The van der Waals surface area contributed by atoms with Crippen LogP contribution in [0.5, 0.6) is 0 Å². The molecule has 0 saturated heterocycles. The zero-order chi connectivity index (χ0) is 8.28. The summed E-state index contributed by atoms with van der Waals surface area (Å²) in [6.07, 6.45) is 0. The van der Waals surface area contributed by atoms with Crippen molar-refractivity contribution >= 4 is 0 Å². The number of hydrogen-bond donors (Lipinski definition) is 0. The minimum absolute atomic E-state index is 0. The summed E-state index contributed by atoms with van der Waals surface area (Å²) < 4.78 is 0. The third-order valence-electron chi connectivity index (χ3n) is 0. The van der Waals surface area contributed by atoms with Gasteiger partial charge in [0.05, 0.1) is 5.09 Å². The SMILES string of the molecule is O=N[O-].O=[N+]([O-])[O-].[N-]=O.[Ru+2]. The van der Waals surface area contributed by atoms with Gasteiger partial charge in [-0.2, -0.15) is 0 Å². The molecule has 0 unspecified atom stereocenters. The van der Waals surface area contributed by atoms with Crippen molar-refractivity contribution in [2.45, 2.75) is 0 Å². The molecule has 60 valence electrons. The van der Waals surface area contributed by atoms with Gasteiger partial charge >= 0.3 is 19.5 Å². The first-order valence-corrected chi connectivity index (χ1v) is 1.10. The van der Waals surface area contributed by atoms with Crippen molar-refractivity contribution in [3.63, 3.8) is 0 Å². The van der Waals surface area contributed by atoms with Gasteiger partial charge in [0.15, 0.2) is 0 Å². The second-order valence-corrected chi connectivity index (χ2v) is 0.298. The summed E-state index contributed by atoms with van der Waals surface area (Å²) in [6.45, 7) is 0. The van der Waals surface area contributed by atoms with Gasteiger partial charge in [0, 0.05) is 0 Å². The van der Waals surface area contributed by atoms with Crippen LogP contribution in [-0.4, -0.2) is 5.09 Å². The molecule has 0 saturated carbocycles. The van der Waals surface area contributed by atoms with E-state index in [9.17, 15) is 0 Å². The average Bonchev–Trinajstić information content (AvgIpc) is 1.71. The number of hydrogen-bond acceptors (Lipinski definition) is 7. The quantitative estimate of drug-likeness (QED) is 0.256. The predicted molar refractivity (Wildman–Crippen MR) is 26.2 cm³/mol. The Morgan fingerprint density at radius 1 is 1.30 bits per heavy atom. The van der Waals surface area contributed by atoms with Gasteiger partial charge in [-0.25, -0.2) is 0 Å². The summed E-state index contributed by atoms with van der Waals surface area (Å²) in [4.78, 5) is 23.5. The Balaban J connectivity index is -0.0000000273. The van der Waals surface area contributed by atoms with Crippen molar-refractivity contribution in [2.24, 2.45) is 5.34 Å². The molecule has 0 fully saturated rings. The van der Waals surface area contributed by atoms with E-state index in [1.807, 2.05) is 0 Å². The zero-order valence-corrected chi connectivity index (χ0v) is 5.88. The molecule has 10 heteroatoms. The van der Waals surface area contributed by atoms with Gasteiger partial charge in [0.1, 0.15) is 0 Å². The van der Waals surface area contributed by atoms with Gasteiger partial charge in [-0.05, 0) is 0 Å². The van der Waals surface area contributed by atoms with E-state index in [2.05, 4.69) is 0 Å². The summed E-state index contributed by atoms with van der Waals surface area (Å²) in [5, 5.41) is 23.8. The molecule has 9 nitrogen and oxygen atoms in total. The van der Waals surface area contributed by atoms with Crippen LogP contribution in [0.15, 0.2) is 5.34 Å². The van der Waals surface area contributed by atoms with E-state index in [1.54, 1.807) is 0 Å². The molecule has 0 N–H and O–H groups in total. The summed E-state index contributed by atoms with van der Waals surface area (Å²) in [6, 6.07) is 0. The zero-order valence-electron chi connectivity index (χ0n) is 4.14. The Kier molecular flexibility index (Phi) is 106. The molecule has 0 heterocycles. The summed E-state index contributed by atoms with van der Waals surface area (Å²) in [5.41, 5.74) is 5.75. The van der Waals surface area contributed by atoms with Gasteiger partial charge in [-0.15, -0.1) is 5.34 Å². The molecule has 0 rings (SSSR count). The maximum atomic E-state index is 8.25. The van der Waals surface area contributed by atoms with E-state index in [0.717, 1.165) is 5.34 Å². The van der Waals surface area contributed by atoms with E-state index < -0.39 is 5.09 Å². The molecule has 0 amide bonds. The monoisotopic (exact) mass is 240 g/mol. The van der Waals surface area contributed by atoms with Gasteiger partial charge in [-0.3, -0.25) is 0 Å². The summed E-state index contributed by atoms with van der Waals surface area (Å²) >= 11 is 0. The Morgan fingerprint density at radius 2 is 1.30 bits per heavy atom. The van der Waals surface area contributed by atoms with E-state index in [1.165, 1.54) is 0 Å². The molecule has 0 aliphatic rings. The molecule has 0 aliphatic carbocycles. The number of rotatable bonds is 0. The molecule has 0 spiro atoms. The fourth-order valence-corrected chi connectivity index (χ4v) is 0. The second kappa shape index (κ2) is 45.7. The van der Waals surface area contributed by atoms with Crippen LogP contribution in [0.1, 0.15) is 0 Å². The second-order valence-electron chi connectivity index (χ2n) is 0.298. The maximum Gasteiger partial charge on any atom is 2.00 e. The molecule has 0 aromatic rings. The molecule has 0 bridgehead atoms. The van der Waals surface area contributed by atoms with Crippen molar-refractivity contribution in [3.05, 3.63) is 35.9 Å². The van der Waals surface area contributed by atoms with Crippen LogP contribution in [0.3, 0.4) is 0 Å². The average molecular weight is 239 g/mol. The largest absolute Gasteiger partial charge is 2.00 e. The van der Waals surface area contributed by atoms with Crippen molar-refractivity contribution < 1.29 is 24.6 Å². The van der Waals surface area contributed by atoms with E-state index in [-0.39, 0.29) is 19.5 Å². The van der Waals surface area contributed by atoms with Gasteiger partial charge in [0.25, 0.3) is 0 Å². The minimum Gasteiger partial charge on any atom is -0.577 e. The van der Waals surface area contributed by atoms with Crippen LogP contribution in [0, 0.1) is 30.3 Å². The number of nitrogens with zero attached hydrogens (tertiary/aromatic N) is 3. The fourth-order valence-electron chi connectivity index (χ4n) is 0. The molecular weight excluding hydrogens is 239 g/mol. The van der Waals surface area contributed by atoms with Gasteiger partial charge in [0.2, 0.25) is 0 Å². The molecule has 10 heavy (non-hydrogen) atoms. The van der Waals surface area contributed by atoms with E-state index in [4.69, 9.17) is 35.9 Å². The molecule has 0 aliphatic heterocycles. The first-order chi connectivity index (χ1) is 4.15. The van der Waals surface area contributed by atoms with Gasteiger partial charge in [-0.1, -0.05) is 0 Å². The smallest absolute Gasteiger partial charge is 0.577 e. The Hall–Kier alpha value is -1.18. The Bertz CT molecular complexity index is 69.4. The maximum absolute atomic E-state index is 8.25. The van der Waals surface area contributed by atoms with Crippen molar-refractivity contribution in [1.29, 1.82) is 0 Å². The Morgan fingerprint density at radius 3 is 1.30 bits per heavy atom. The topological polar surface area (TPSA) is 158 Å². The first-order valence-electron chi connectivity index (χ1n) is 1.10. The van der Waals surface area contributed by atoms with Crippen LogP contribution in [0.25, 0.3) is 5.59 Å². The fraction of sp³-hybridized carbons (Fsp3) is 0. The Labute approximate surface area is 66.6 Å². The molecular formula is N3O6Ru-. The molecule has 0 radical (unpaired) electrons. The predicted octanol–water partition coefficient (Wildman–Crippen LogP) is 0.331. The minimum atomic E-state index is -1.75. The van der Waals surface area contributed by atoms with Crippen molar-refractivity contribution in [3.8, 4) is 0 Å². The van der Waals surface area contributed by atoms with E-state index in [0.29, 0.717) is 0 Å². The van der Waals surface area contributed by atoms with Crippen LogP contribution in [0.4, 0.5) is 0 Å². The normalized spacial score (nSPS) is 4.00. The van der Waals surface area contributed by atoms with Crippen LogP contribution >= 0.6 is 0 Å². The summed E-state index contributed by atoms with van der Waals surface area (Å²) in [5.74, 6) is 0.